The zero-order valence-corrected chi connectivity index (χ0v) is 18.5. The standard InChI is InChI=1S/C23H29N3O3S/c1-23(2)15-30-22(24-14-16-8-4-3-5-9-16)26(23)19(27)12-13-25-20(28)17-10-6-7-11-18(17)21(25)29/h3-5,8-9,17-18H,6-7,10-15H2,1-2H3/t17-,18+. The molecule has 0 aromatic heterocycles. The maximum atomic E-state index is 13.1. The molecule has 1 aromatic carbocycles. The summed E-state index contributed by atoms with van der Waals surface area (Å²) < 4.78 is 0. The second-order valence-electron chi connectivity index (χ2n) is 8.99. The van der Waals surface area contributed by atoms with Crippen molar-refractivity contribution in [1.82, 2.24) is 9.80 Å². The molecule has 2 heterocycles. The van der Waals surface area contributed by atoms with Gasteiger partial charge in [0.15, 0.2) is 5.17 Å². The van der Waals surface area contributed by atoms with Crippen LogP contribution in [0.2, 0.25) is 0 Å². The van der Waals surface area contributed by atoms with Crippen molar-refractivity contribution in [1.29, 1.82) is 0 Å². The largest absolute Gasteiger partial charge is 0.285 e. The lowest BCUT2D eigenvalue weighted by Crippen LogP contribution is -2.47. The van der Waals surface area contributed by atoms with E-state index in [1.165, 1.54) is 4.90 Å². The van der Waals surface area contributed by atoms with E-state index in [4.69, 9.17) is 4.99 Å². The van der Waals surface area contributed by atoms with Gasteiger partial charge in [0, 0.05) is 18.7 Å². The Morgan fingerprint density at radius 2 is 1.73 bits per heavy atom. The predicted molar refractivity (Wildman–Crippen MR) is 118 cm³/mol. The Morgan fingerprint density at radius 3 is 2.37 bits per heavy atom. The van der Waals surface area contributed by atoms with Crippen LogP contribution in [0.25, 0.3) is 0 Å². The number of carbonyl (C=O) groups excluding carboxylic acids is 3. The van der Waals surface area contributed by atoms with Gasteiger partial charge in [-0.2, -0.15) is 0 Å². The fraction of sp³-hybridized carbons (Fsp3) is 0.565. The van der Waals surface area contributed by atoms with Crippen LogP contribution in [0.1, 0.15) is 51.5 Å². The molecule has 2 aliphatic heterocycles. The molecule has 0 N–H and O–H groups in total. The SMILES string of the molecule is CC1(C)CSC(=NCc2ccccc2)N1C(=O)CCN1C(=O)[C@H]2CCCC[C@H]2C1=O. The zero-order chi connectivity index (χ0) is 21.3. The summed E-state index contributed by atoms with van der Waals surface area (Å²) in [7, 11) is 0. The van der Waals surface area contributed by atoms with Crippen molar-refractivity contribution in [3.63, 3.8) is 0 Å². The van der Waals surface area contributed by atoms with Crippen LogP contribution < -0.4 is 0 Å². The number of benzene rings is 1. The second-order valence-corrected chi connectivity index (χ2v) is 9.93. The van der Waals surface area contributed by atoms with Crippen molar-refractivity contribution in [2.45, 2.75) is 58.0 Å². The van der Waals surface area contributed by atoms with Crippen molar-refractivity contribution in [2.24, 2.45) is 16.8 Å². The summed E-state index contributed by atoms with van der Waals surface area (Å²) in [6.07, 6.45) is 3.75. The van der Waals surface area contributed by atoms with Gasteiger partial charge < -0.3 is 0 Å². The predicted octanol–water partition coefficient (Wildman–Crippen LogP) is 3.46. The molecule has 1 aromatic rings. The highest BCUT2D eigenvalue weighted by atomic mass is 32.2. The molecule has 3 aliphatic rings. The van der Waals surface area contributed by atoms with E-state index in [0.717, 1.165) is 42.2 Å². The second kappa shape index (κ2) is 8.53. The number of carbonyl (C=O) groups is 3. The fourth-order valence-corrected chi connectivity index (χ4v) is 5.95. The average molecular weight is 428 g/mol. The molecule has 160 valence electrons. The van der Waals surface area contributed by atoms with Crippen LogP contribution in [-0.4, -0.2) is 50.5 Å². The molecule has 4 rings (SSSR count). The van der Waals surface area contributed by atoms with E-state index in [-0.39, 0.29) is 48.1 Å². The molecular weight excluding hydrogens is 398 g/mol. The molecule has 30 heavy (non-hydrogen) atoms. The third-order valence-corrected chi connectivity index (χ3v) is 7.74. The van der Waals surface area contributed by atoms with E-state index in [0.29, 0.717) is 6.54 Å². The molecule has 6 nitrogen and oxygen atoms in total. The lowest BCUT2D eigenvalue weighted by molar-refractivity contribution is -0.140. The Morgan fingerprint density at radius 1 is 1.10 bits per heavy atom. The maximum absolute atomic E-state index is 13.1. The van der Waals surface area contributed by atoms with Crippen LogP contribution in [0.4, 0.5) is 0 Å². The Balaban J connectivity index is 1.43. The molecule has 3 fully saturated rings. The van der Waals surface area contributed by atoms with Crippen LogP contribution in [0.3, 0.4) is 0 Å². The number of hydrogen-bond acceptors (Lipinski definition) is 5. The van der Waals surface area contributed by atoms with Gasteiger partial charge in [-0.05, 0) is 32.3 Å². The summed E-state index contributed by atoms with van der Waals surface area (Å²) in [6, 6.07) is 9.96. The Hall–Kier alpha value is -2.15. The average Bonchev–Trinajstić information content (AvgIpc) is 3.18. The van der Waals surface area contributed by atoms with Gasteiger partial charge in [0.05, 0.1) is 23.9 Å². The van der Waals surface area contributed by atoms with E-state index in [9.17, 15) is 14.4 Å². The number of imide groups is 1. The summed E-state index contributed by atoms with van der Waals surface area (Å²) in [6.45, 7) is 4.76. The van der Waals surface area contributed by atoms with Gasteiger partial charge in [0.1, 0.15) is 0 Å². The minimum absolute atomic E-state index is 0.0766. The van der Waals surface area contributed by atoms with Crippen LogP contribution >= 0.6 is 11.8 Å². The number of amides is 3. The Kier molecular flexibility index (Phi) is 6.00. The number of aliphatic imine (C=N–C) groups is 1. The minimum atomic E-state index is -0.343. The van der Waals surface area contributed by atoms with E-state index in [1.807, 2.05) is 44.2 Å². The highest BCUT2D eigenvalue weighted by Crippen LogP contribution is 2.38. The number of nitrogens with zero attached hydrogens (tertiary/aromatic N) is 3. The molecule has 0 unspecified atom stereocenters. The minimum Gasteiger partial charge on any atom is -0.285 e. The van der Waals surface area contributed by atoms with Crippen molar-refractivity contribution in [2.75, 3.05) is 12.3 Å². The third kappa shape index (κ3) is 4.04. The van der Waals surface area contributed by atoms with Gasteiger partial charge in [-0.25, -0.2) is 0 Å². The summed E-state index contributed by atoms with van der Waals surface area (Å²) in [5, 5.41) is 0.724. The Bertz CT molecular complexity index is 844. The first-order valence-electron chi connectivity index (χ1n) is 10.8. The molecule has 0 radical (unpaired) electrons. The van der Waals surface area contributed by atoms with E-state index >= 15 is 0 Å². The zero-order valence-electron chi connectivity index (χ0n) is 17.7. The molecule has 1 aliphatic carbocycles. The van der Waals surface area contributed by atoms with Crippen LogP contribution in [0.15, 0.2) is 35.3 Å². The fourth-order valence-electron chi connectivity index (χ4n) is 4.70. The maximum Gasteiger partial charge on any atom is 0.233 e. The number of hydrogen-bond donors (Lipinski definition) is 0. The highest BCUT2D eigenvalue weighted by Gasteiger charge is 2.48. The molecular formula is C23H29N3O3S. The highest BCUT2D eigenvalue weighted by molar-refractivity contribution is 8.14. The van der Waals surface area contributed by atoms with Gasteiger partial charge in [-0.15, -0.1) is 0 Å². The van der Waals surface area contributed by atoms with Gasteiger partial charge in [0.2, 0.25) is 17.7 Å². The summed E-state index contributed by atoms with van der Waals surface area (Å²) in [5.41, 5.74) is 0.753. The number of amidine groups is 1. The van der Waals surface area contributed by atoms with E-state index in [2.05, 4.69) is 0 Å². The monoisotopic (exact) mass is 427 g/mol. The number of rotatable bonds is 5. The molecule has 0 bridgehead atoms. The number of thioether (sulfide) groups is 1. The summed E-state index contributed by atoms with van der Waals surface area (Å²) in [5.74, 6) is 0.215. The summed E-state index contributed by atoms with van der Waals surface area (Å²) >= 11 is 1.59. The van der Waals surface area contributed by atoms with E-state index in [1.54, 1.807) is 16.7 Å². The smallest absolute Gasteiger partial charge is 0.233 e. The lowest BCUT2D eigenvalue weighted by atomic mass is 9.81. The quantitative estimate of drug-likeness (QED) is 0.675. The Labute approximate surface area is 182 Å². The van der Waals surface area contributed by atoms with Crippen molar-refractivity contribution >= 4 is 34.7 Å². The first-order chi connectivity index (χ1) is 14.4. The third-order valence-electron chi connectivity index (χ3n) is 6.32. The van der Waals surface area contributed by atoms with Gasteiger partial charge in [-0.1, -0.05) is 54.9 Å². The van der Waals surface area contributed by atoms with Crippen LogP contribution in [0.5, 0.6) is 0 Å². The molecule has 0 spiro atoms. The first kappa shape index (κ1) is 21.1. The van der Waals surface area contributed by atoms with Gasteiger partial charge in [0.25, 0.3) is 0 Å². The van der Waals surface area contributed by atoms with Crippen LogP contribution in [0, 0.1) is 11.8 Å². The molecule has 7 heteroatoms. The normalized spacial score (nSPS) is 27.1. The van der Waals surface area contributed by atoms with Gasteiger partial charge in [-0.3, -0.25) is 29.2 Å². The van der Waals surface area contributed by atoms with E-state index < -0.39 is 0 Å². The van der Waals surface area contributed by atoms with Crippen molar-refractivity contribution in [3.05, 3.63) is 35.9 Å². The number of fused-ring (bicyclic) bond motifs is 1. The molecule has 2 atom stereocenters. The molecule has 1 saturated carbocycles. The topological polar surface area (TPSA) is 70.1 Å². The van der Waals surface area contributed by atoms with Crippen molar-refractivity contribution < 1.29 is 14.4 Å². The summed E-state index contributed by atoms with van der Waals surface area (Å²) in [4.78, 5) is 46.3. The lowest BCUT2D eigenvalue weighted by Gasteiger charge is -2.31. The van der Waals surface area contributed by atoms with Crippen LogP contribution in [-0.2, 0) is 20.9 Å². The van der Waals surface area contributed by atoms with Crippen molar-refractivity contribution in [3.8, 4) is 0 Å². The first-order valence-corrected chi connectivity index (χ1v) is 11.8. The van der Waals surface area contributed by atoms with Gasteiger partial charge >= 0.3 is 0 Å². The molecule has 3 amide bonds. The number of likely N-dealkylation sites (tertiary alicyclic amines) is 1. The molecule has 2 saturated heterocycles.